The molecule has 1 amide bonds. The van der Waals surface area contributed by atoms with Gasteiger partial charge in [0.1, 0.15) is 0 Å². The fraction of sp³-hybridized carbons (Fsp3) is 0.417. The van der Waals surface area contributed by atoms with Crippen molar-refractivity contribution >= 4 is 51.5 Å². The Balaban J connectivity index is 0.00000162. The van der Waals surface area contributed by atoms with Crippen molar-refractivity contribution in [2.75, 3.05) is 11.9 Å². The van der Waals surface area contributed by atoms with E-state index >= 15 is 0 Å². The highest BCUT2D eigenvalue weighted by molar-refractivity contribution is 9.10. The van der Waals surface area contributed by atoms with Gasteiger partial charge in [0.2, 0.25) is 5.91 Å². The molecule has 1 aromatic rings. The number of benzene rings is 1. The van der Waals surface area contributed by atoms with Crippen LogP contribution in [0.1, 0.15) is 19.3 Å². The number of halogens is 3. The van der Waals surface area contributed by atoms with Gasteiger partial charge in [-0.05, 0) is 53.5 Å². The van der Waals surface area contributed by atoms with Crippen molar-refractivity contribution in [2.45, 2.75) is 25.3 Å². The zero-order chi connectivity index (χ0) is 12.3. The van der Waals surface area contributed by atoms with Crippen LogP contribution in [-0.2, 0) is 4.79 Å². The lowest BCUT2D eigenvalue weighted by Crippen LogP contribution is -2.43. The number of carbonyl (C=O) groups is 1. The van der Waals surface area contributed by atoms with Crippen molar-refractivity contribution in [3.05, 3.63) is 27.7 Å². The van der Waals surface area contributed by atoms with Gasteiger partial charge in [-0.3, -0.25) is 4.79 Å². The highest BCUT2D eigenvalue weighted by Crippen LogP contribution is 2.25. The molecule has 1 heterocycles. The Kier molecular flexibility index (Phi) is 6.43. The first-order valence-corrected chi connectivity index (χ1v) is 6.83. The van der Waals surface area contributed by atoms with Crippen LogP contribution in [-0.4, -0.2) is 18.5 Å². The molecule has 100 valence electrons. The fourth-order valence-electron chi connectivity index (χ4n) is 1.88. The van der Waals surface area contributed by atoms with Gasteiger partial charge in [0, 0.05) is 10.2 Å². The zero-order valence-corrected chi connectivity index (χ0v) is 12.9. The maximum atomic E-state index is 11.9. The number of piperidine rings is 1. The SMILES string of the molecule is Cl.O=C(Nc1ccc(Cl)c(Br)c1)C1CCCCN1. The average molecular weight is 354 g/mol. The standard InChI is InChI=1S/C12H14BrClN2O.ClH/c13-9-7-8(4-5-10(9)14)16-12(17)11-3-1-2-6-15-11;/h4-5,7,11,15H,1-3,6H2,(H,16,17);1H. The van der Waals surface area contributed by atoms with Crippen LogP contribution in [0.25, 0.3) is 0 Å². The van der Waals surface area contributed by atoms with E-state index in [4.69, 9.17) is 11.6 Å². The molecule has 18 heavy (non-hydrogen) atoms. The summed E-state index contributed by atoms with van der Waals surface area (Å²) in [7, 11) is 0. The first-order chi connectivity index (χ1) is 8.16. The lowest BCUT2D eigenvalue weighted by molar-refractivity contribution is -0.118. The van der Waals surface area contributed by atoms with Crippen LogP contribution in [0.5, 0.6) is 0 Å². The lowest BCUT2D eigenvalue weighted by atomic mass is 10.0. The highest BCUT2D eigenvalue weighted by Gasteiger charge is 2.20. The van der Waals surface area contributed by atoms with Crippen LogP contribution in [0.15, 0.2) is 22.7 Å². The van der Waals surface area contributed by atoms with Gasteiger partial charge in [-0.2, -0.15) is 0 Å². The summed E-state index contributed by atoms with van der Waals surface area (Å²) in [5, 5.41) is 6.74. The van der Waals surface area contributed by atoms with Gasteiger partial charge in [0.05, 0.1) is 11.1 Å². The maximum Gasteiger partial charge on any atom is 0.241 e. The third-order valence-corrected chi connectivity index (χ3v) is 4.03. The molecule has 1 saturated heterocycles. The molecule has 1 aliphatic heterocycles. The second-order valence-electron chi connectivity index (χ2n) is 4.12. The number of carbonyl (C=O) groups excluding carboxylic acids is 1. The van der Waals surface area contributed by atoms with Gasteiger partial charge in [-0.1, -0.05) is 18.0 Å². The molecule has 6 heteroatoms. The van der Waals surface area contributed by atoms with Crippen LogP contribution in [0.3, 0.4) is 0 Å². The first-order valence-electron chi connectivity index (χ1n) is 5.66. The minimum atomic E-state index is -0.0711. The summed E-state index contributed by atoms with van der Waals surface area (Å²) in [6.07, 6.45) is 3.16. The molecule has 0 spiro atoms. The van der Waals surface area contributed by atoms with Crippen molar-refractivity contribution < 1.29 is 4.79 Å². The molecule has 1 aliphatic rings. The van der Waals surface area contributed by atoms with Crippen LogP contribution in [0, 0.1) is 0 Å². The molecule has 1 atom stereocenters. The van der Waals surface area contributed by atoms with E-state index in [0.717, 1.165) is 36.0 Å². The number of hydrogen-bond donors (Lipinski definition) is 2. The number of hydrogen-bond acceptors (Lipinski definition) is 2. The Morgan fingerprint density at radius 2 is 2.22 bits per heavy atom. The van der Waals surface area contributed by atoms with Crippen LogP contribution in [0.2, 0.25) is 5.02 Å². The van der Waals surface area contributed by atoms with Gasteiger partial charge in [-0.25, -0.2) is 0 Å². The molecular weight excluding hydrogens is 339 g/mol. The second-order valence-corrected chi connectivity index (χ2v) is 5.38. The molecule has 1 aromatic carbocycles. The molecule has 2 rings (SSSR count). The second kappa shape index (κ2) is 7.34. The van der Waals surface area contributed by atoms with Gasteiger partial charge in [0.15, 0.2) is 0 Å². The Bertz CT molecular complexity index is 423. The molecular formula is C12H15BrCl2N2O. The molecule has 0 aliphatic carbocycles. The maximum absolute atomic E-state index is 11.9. The third kappa shape index (κ3) is 4.12. The zero-order valence-electron chi connectivity index (χ0n) is 9.71. The van der Waals surface area contributed by atoms with Gasteiger partial charge >= 0.3 is 0 Å². The number of nitrogens with one attached hydrogen (secondary N) is 2. The largest absolute Gasteiger partial charge is 0.325 e. The molecule has 0 aromatic heterocycles. The Morgan fingerprint density at radius 1 is 1.44 bits per heavy atom. The van der Waals surface area contributed by atoms with E-state index in [1.54, 1.807) is 12.1 Å². The summed E-state index contributed by atoms with van der Waals surface area (Å²) >= 11 is 9.23. The van der Waals surface area contributed by atoms with Crippen LogP contribution >= 0.6 is 39.9 Å². The summed E-state index contributed by atoms with van der Waals surface area (Å²) in [5.41, 5.74) is 0.763. The van der Waals surface area contributed by atoms with Crippen molar-refractivity contribution in [3.8, 4) is 0 Å². The Hall–Kier alpha value is -0.290. The number of amides is 1. The quantitative estimate of drug-likeness (QED) is 0.852. The molecule has 3 nitrogen and oxygen atoms in total. The van der Waals surface area contributed by atoms with Crippen LogP contribution < -0.4 is 10.6 Å². The van der Waals surface area contributed by atoms with Gasteiger partial charge in [-0.15, -0.1) is 12.4 Å². The van der Waals surface area contributed by atoms with Crippen molar-refractivity contribution in [1.29, 1.82) is 0 Å². The van der Waals surface area contributed by atoms with E-state index in [-0.39, 0.29) is 24.4 Å². The monoisotopic (exact) mass is 352 g/mol. The van der Waals surface area contributed by atoms with E-state index in [9.17, 15) is 4.79 Å². The average Bonchev–Trinajstić information content (AvgIpc) is 2.35. The Labute approximate surface area is 126 Å². The smallest absolute Gasteiger partial charge is 0.241 e. The fourth-order valence-corrected chi connectivity index (χ4v) is 2.38. The van der Waals surface area contributed by atoms with Gasteiger partial charge in [0.25, 0.3) is 0 Å². The minimum absolute atomic E-state index is 0. The first kappa shape index (κ1) is 15.8. The Morgan fingerprint density at radius 3 is 2.83 bits per heavy atom. The van der Waals surface area contributed by atoms with Crippen molar-refractivity contribution in [1.82, 2.24) is 5.32 Å². The van der Waals surface area contributed by atoms with E-state index < -0.39 is 0 Å². The summed E-state index contributed by atoms with van der Waals surface area (Å²) in [6.45, 7) is 0.919. The summed E-state index contributed by atoms with van der Waals surface area (Å²) in [6, 6.07) is 5.30. The summed E-state index contributed by atoms with van der Waals surface area (Å²) < 4.78 is 0.786. The van der Waals surface area contributed by atoms with Crippen molar-refractivity contribution in [3.63, 3.8) is 0 Å². The number of rotatable bonds is 2. The van der Waals surface area contributed by atoms with Gasteiger partial charge < -0.3 is 10.6 Å². The summed E-state index contributed by atoms with van der Waals surface area (Å²) in [4.78, 5) is 11.9. The van der Waals surface area contributed by atoms with E-state index in [1.165, 1.54) is 0 Å². The van der Waals surface area contributed by atoms with Crippen molar-refractivity contribution in [2.24, 2.45) is 0 Å². The predicted molar refractivity (Wildman–Crippen MR) is 80.7 cm³/mol. The van der Waals surface area contributed by atoms with Crippen LogP contribution in [0.4, 0.5) is 5.69 Å². The number of anilines is 1. The predicted octanol–water partition coefficient (Wildman–Crippen LogP) is 3.60. The third-order valence-electron chi connectivity index (χ3n) is 2.81. The van der Waals surface area contributed by atoms with E-state index in [2.05, 4.69) is 26.6 Å². The molecule has 0 radical (unpaired) electrons. The normalized spacial score (nSPS) is 18.9. The lowest BCUT2D eigenvalue weighted by Gasteiger charge is -2.22. The molecule has 2 N–H and O–H groups in total. The molecule has 0 saturated carbocycles. The molecule has 0 bridgehead atoms. The highest BCUT2D eigenvalue weighted by atomic mass is 79.9. The topological polar surface area (TPSA) is 41.1 Å². The summed E-state index contributed by atoms with van der Waals surface area (Å²) in [5.74, 6) is 0.0268. The molecule has 1 fully saturated rings. The van der Waals surface area contributed by atoms with E-state index in [0.29, 0.717) is 5.02 Å². The van der Waals surface area contributed by atoms with E-state index in [1.807, 2.05) is 6.07 Å². The minimum Gasteiger partial charge on any atom is -0.325 e. The molecule has 1 unspecified atom stereocenters.